The zero-order valence-corrected chi connectivity index (χ0v) is 12.9. The van der Waals surface area contributed by atoms with E-state index in [1.54, 1.807) is 12.4 Å². The number of nitriles is 1. The van der Waals surface area contributed by atoms with Gasteiger partial charge >= 0.3 is 0 Å². The first-order valence-electron chi connectivity index (χ1n) is 7.77. The van der Waals surface area contributed by atoms with Crippen LogP contribution in [0.25, 0.3) is 5.70 Å². The molecule has 0 amide bonds. The number of hydrogen-bond donors (Lipinski definition) is 2. The second-order valence-corrected chi connectivity index (χ2v) is 5.88. The van der Waals surface area contributed by atoms with Crippen LogP contribution >= 0.6 is 0 Å². The van der Waals surface area contributed by atoms with Crippen molar-refractivity contribution in [2.45, 2.75) is 25.7 Å². The van der Waals surface area contributed by atoms with Gasteiger partial charge in [0.25, 0.3) is 0 Å². The molecule has 3 N–H and O–H groups in total. The van der Waals surface area contributed by atoms with E-state index in [9.17, 15) is 0 Å². The van der Waals surface area contributed by atoms with E-state index < -0.39 is 0 Å². The molecule has 0 saturated heterocycles. The van der Waals surface area contributed by atoms with E-state index in [4.69, 9.17) is 11.1 Å². The lowest BCUT2D eigenvalue weighted by Gasteiger charge is -2.30. The molecule has 0 spiro atoms. The van der Waals surface area contributed by atoms with Gasteiger partial charge < -0.3 is 4.98 Å². The summed E-state index contributed by atoms with van der Waals surface area (Å²) in [6.07, 6.45) is 11.2. The minimum Gasteiger partial charge on any atom is -0.346 e. The number of allylic oxidation sites excluding steroid dienone is 3. The molecular formula is C17H20N6. The van der Waals surface area contributed by atoms with Gasteiger partial charge in [0.15, 0.2) is 0 Å². The fourth-order valence-corrected chi connectivity index (χ4v) is 3.41. The number of aromatic amines is 1. The molecule has 6 nitrogen and oxygen atoms in total. The summed E-state index contributed by atoms with van der Waals surface area (Å²) in [5, 5.41) is 10.2. The van der Waals surface area contributed by atoms with Crippen molar-refractivity contribution in [2.75, 3.05) is 0 Å². The first-order chi connectivity index (χ1) is 11.2. The minimum absolute atomic E-state index is 0.328. The molecule has 1 saturated carbocycles. The van der Waals surface area contributed by atoms with Gasteiger partial charge in [0.2, 0.25) is 0 Å². The van der Waals surface area contributed by atoms with Crippen LogP contribution in [0.1, 0.15) is 31.2 Å². The molecule has 1 fully saturated rings. The molecule has 1 aliphatic heterocycles. The fourth-order valence-electron chi connectivity index (χ4n) is 3.41. The lowest BCUT2D eigenvalue weighted by molar-refractivity contribution is 0.341. The van der Waals surface area contributed by atoms with Gasteiger partial charge in [-0.2, -0.15) is 5.26 Å². The number of nitrogens with zero attached hydrogens (tertiary/aromatic N) is 4. The molecule has 6 heteroatoms. The number of H-pyrrole nitrogens is 1. The fraction of sp³-hybridized carbons (Fsp3) is 0.353. The number of aliphatic imine (C=N–C) groups is 2. The van der Waals surface area contributed by atoms with Crippen LogP contribution in [0.4, 0.5) is 5.82 Å². The molecule has 0 atom stereocenters. The molecule has 1 aromatic heterocycles. The maximum atomic E-state index is 8.64. The molecular weight excluding hydrogens is 288 g/mol. The molecule has 0 bridgehead atoms. The predicted molar refractivity (Wildman–Crippen MR) is 91.6 cm³/mol. The van der Waals surface area contributed by atoms with Crippen molar-refractivity contribution in [3.8, 4) is 6.07 Å². The number of hydrogen-bond acceptors (Lipinski definition) is 5. The van der Waals surface area contributed by atoms with Crippen LogP contribution < -0.4 is 5.84 Å². The average Bonchev–Trinajstić information content (AvgIpc) is 3.05. The van der Waals surface area contributed by atoms with Gasteiger partial charge in [-0.05, 0) is 44.4 Å². The highest BCUT2D eigenvalue weighted by Crippen LogP contribution is 2.40. The van der Waals surface area contributed by atoms with E-state index >= 15 is 0 Å². The summed E-state index contributed by atoms with van der Waals surface area (Å²) in [6, 6.07) is 4.03. The second kappa shape index (κ2) is 6.63. The van der Waals surface area contributed by atoms with Crippen molar-refractivity contribution in [3.05, 3.63) is 35.7 Å². The normalized spacial score (nSPS) is 26.0. The van der Waals surface area contributed by atoms with Crippen LogP contribution in [-0.2, 0) is 0 Å². The van der Waals surface area contributed by atoms with Crippen molar-refractivity contribution >= 4 is 24.6 Å². The van der Waals surface area contributed by atoms with Crippen molar-refractivity contribution in [2.24, 2.45) is 27.7 Å². The third-order valence-electron chi connectivity index (χ3n) is 4.56. The van der Waals surface area contributed by atoms with Gasteiger partial charge in [-0.3, -0.25) is 10.0 Å². The molecule has 0 radical (unpaired) electrons. The summed E-state index contributed by atoms with van der Waals surface area (Å²) >= 11 is 0. The Bertz CT molecular complexity index is 710. The molecule has 23 heavy (non-hydrogen) atoms. The zero-order chi connectivity index (χ0) is 16.2. The Kier molecular flexibility index (Phi) is 4.40. The Morgan fingerprint density at radius 3 is 2.96 bits per heavy atom. The van der Waals surface area contributed by atoms with Crippen molar-refractivity contribution in [1.29, 1.82) is 5.26 Å². The Labute approximate surface area is 135 Å². The van der Waals surface area contributed by atoms with Crippen molar-refractivity contribution in [3.63, 3.8) is 0 Å². The predicted octanol–water partition coefficient (Wildman–Crippen LogP) is 3.12. The number of fused-ring (bicyclic) bond motifs is 1. The summed E-state index contributed by atoms with van der Waals surface area (Å²) in [7, 11) is 0. The monoisotopic (exact) mass is 308 g/mol. The van der Waals surface area contributed by atoms with E-state index in [-0.39, 0.29) is 0 Å². The maximum absolute atomic E-state index is 8.64. The van der Waals surface area contributed by atoms with Gasteiger partial charge in [0.05, 0.1) is 17.5 Å². The number of nitrogens with two attached hydrogens (primary N) is 1. The SMILES string of the molecule is C=N/C(=C1/c2cc[nH]c2N=CN1N)C1CCC(/C=C/C#N)CC1. The van der Waals surface area contributed by atoms with Gasteiger partial charge in [-0.1, -0.05) is 6.08 Å². The number of rotatable bonds is 3. The molecule has 2 heterocycles. The van der Waals surface area contributed by atoms with Crippen LogP contribution in [0.3, 0.4) is 0 Å². The number of nitrogens with one attached hydrogen (secondary N) is 1. The van der Waals surface area contributed by atoms with Gasteiger partial charge in [0.1, 0.15) is 12.2 Å². The van der Waals surface area contributed by atoms with Crippen LogP contribution in [0.5, 0.6) is 0 Å². The van der Waals surface area contributed by atoms with E-state index in [0.29, 0.717) is 11.8 Å². The van der Waals surface area contributed by atoms with E-state index in [2.05, 4.69) is 27.8 Å². The third-order valence-corrected chi connectivity index (χ3v) is 4.56. The summed E-state index contributed by atoms with van der Waals surface area (Å²) in [4.78, 5) is 11.7. The van der Waals surface area contributed by atoms with E-state index in [1.807, 2.05) is 18.3 Å². The summed E-state index contributed by atoms with van der Waals surface area (Å²) in [6.45, 7) is 3.77. The highest BCUT2D eigenvalue weighted by atomic mass is 15.4. The van der Waals surface area contributed by atoms with Crippen LogP contribution in [-0.4, -0.2) is 23.0 Å². The quantitative estimate of drug-likeness (QED) is 0.510. The van der Waals surface area contributed by atoms with Crippen LogP contribution in [0.15, 0.2) is 40.1 Å². The lowest BCUT2D eigenvalue weighted by Crippen LogP contribution is -2.31. The highest BCUT2D eigenvalue weighted by Gasteiger charge is 2.28. The molecule has 1 aromatic rings. The largest absolute Gasteiger partial charge is 0.346 e. The average molecular weight is 308 g/mol. The van der Waals surface area contributed by atoms with Crippen LogP contribution in [0.2, 0.25) is 0 Å². The topological polar surface area (TPSA) is 93.6 Å². The summed E-state index contributed by atoms with van der Waals surface area (Å²) < 4.78 is 0. The Morgan fingerprint density at radius 2 is 2.26 bits per heavy atom. The van der Waals surface area contributed by atoms with E-state index in [1.165, 1.54) is 5.01 Å². The molecule has 118 valence electrons. The van der Waals surface area contributed by atoms with Crippen molar-refractivity contribution in [1.82, 2.24) is 9.99 Å². The maximum Gasteiger partial charge on any atom is 0.141 e. The molecule has 0 unspecified atom stereocenters. The Morgan fingerprint density at radius 1 is 1.48 bits per heavy atom. The van der Waals surface area contributed by atoms with Gasteiger partial charge in [-0.15, -0.1) is 0 Å². The number of hydrazine groups is 1. The Hall–Kier alpha value is -2.65. The van der Waals surface area contributed by atoms with Gasteiger partial charge in [-0.25, -0.2) is 10.8 Å². The van der Waals surface area contributed by atoms with Gasteiger partial charge in [0, 0.05) is 23.8 Å². The number of aromatic nitrogens is 1. The molecule has 3 rings (SSSR count). The Balaban J connectivity index is 1.86. The lowest BCUT2D eigenvalue weighted by atomic mass is 9.79. The summed E-state index contributed by atoms with van der Waals surface area (Å²) in [5.41, 5.74) is 2.77. The first-order valence-corrected chi connectivity index (χ1v) is 7.77. The first kappa shape index (κ1) is 15.3. The van der Waals surface area contributed by atoms with Crippen LogP contribution in [0, 0.1) is 23.2 Å². The molecule has 1 aliphatic carbocycles. The van der Waals surface area contributed by atoms with Crippen molar-refractivity contribution < 1.29 is 0 Å². The molecule has 0 aromatic carbocycles. The second-order valence-electron chi connectivity index (χ2n) is 5.88. The zero-order valence-electron chi connectivity index (χ0n) is 12.9. The smallest absolute Gasteiger partial charge is 0.141 e. The molecule has 2 aliphatic rings. The summed E-state index contributed by atoms with van der Waals surface area (Å²) in [5.74, 6) is 7.71. The van der Waals surface area contributed by atoms with E-state index in [0.717, 1.165) is 48.5 Å². The highest BCUT2D eigenvalue weighted by molar-refractivity contribution is 5.87. The third kappa shape index (κ3) is 2.96. The minimum atomic E-state index is 0.328. The standard InChI is InChI=1S/C17H20N6/c1-20-15(13-6-4-12(5-7-13)3-2-9-18)16-14-8-10-21-17(14)22-11-23(16)19/h2-3,8,10-13,21H,1,4-7,19H2/b3-2+,16-15-.